The number of rotatable bonds is 3. The summed E-state index contributed by atoms with van der Waals surface area (Å²) in [7, 11) is 0. The number of hydrazine groups is 1. The van der Waals surface area contributed by atoms with Gasteiger partial charge in [0.05, 0.1) is 5.56 Å². The predicted molar refractivity (Wildman–Crippen MR) is 80.4 cm³/mol. The maximum absolute atomic E-state index is 13.1. The van der Waals surface area contributed by atoms with Gasteiger partial charge in [0.2, 0.25) is 0 Å². The Morgan fingerprint density at radius 2 is 1.95 bits per heavy atom. The predicted octanol–water partition coefficient (Wildman–Crippen LogP) is 1.21. The van der Waals surface area contributed by atoms with Crippen molar-refractivity contribution in [1.29, 1.82) is 0 Å². The van der Waals surface area contributed by atoms with Crippen LogP contribution in [0.1, 0.15) is 10.4 Å². The molecule has 0 aliphatic carbocycles. The van der Waals surface area contributed by atoms with Gasteiger partial charge in [-0.2, -0.15) is 0 Å². The van der Waals surface area contributed by atoms with E-state index in [0.717, 1.165) is 6.07 Å². The lowest BCUT2D eigenvalue weighted by Crippen LogP contribution is -2.44. The highest BCUT2D eigenvalue weighted by molar-refractivity contribution is 9.10. The van der Waals surface area contributed by atoms with Crippen molar-refractivity contribution < 1.29 is 14.0 Å². The smallest absolute Gasteiger partial charge is 0.270 e. The van der Waals surface area contributed by atoms with Crippen LogP contribution in [-0.4, -0.2) is 16.4 Å². The van der Waals surface area contributed by atoms with Crippen LogP contribution < -0.4 is 16.4 Å². The maximum atomic E-state index is 13.1. The average Bonchev–Trinajstić information content (AvgIpc) is 2.49. The van der Waals surface area contributed by atoms with Crippen LogP contribution in [0, 0.1) is 5.82 Å². The number of hydrogen-bond acceptors (Lipinski definition) is 3. The lowest BCUT2D eigenvalue weighted by atomic mass is 10.2. The maximum Gasteiger partial charge on any atom is 0.270 e. The minimum Gasteiger partial charge on any atom is -0.306 e. The molecule has 0 atom stereocenters. The Bertz CT molecular complexity index is 776. The summed E-state index contributed by atoms with van der Waals surface area (Å²) in [6.45, 7) is -0.246. The zero-order valence-corrected chi connectivity index (χ0v) is 12.8. The number of nitrogens with zero attached hydrogens (tertiary/aromatic N) is 1. The summed E-state index contributed by atoms with van der Waals surface area (Å²) in [5.41, 5.74) is 4.02. The minimum absolute atomic E-state index is 0.0391. The number of nitrogens with one attached hydrogen (secondary N) is 2. The standard InChI is InChI=1S/C14H11BrFN3O3/c15-11-5-4-9(16)7-10(11)14(22)18-17-12(20)8-19-6-2-1-3-13(19)21/h1-7H,8H2,(H,17,20)(H,18,22). The number of halogens is 2. The molecule has 0 spiro atoms. The minimum atomic E-state index is -0.680. The van der Waals surface area contributed by atoms with E-state index >= 15 is 0 Å². The van der Waals surface area contributed by atoms with E-state index < -0.39 is 17.6 Å². The van der Waals surface area contributed by atoms with Crippen LogP contribution in [0.2, 0.25) is 0 Å². The third-order valence-electron chi connectivity index (χ3n) is 2.70. The van der Waals surface area contributed by atoms with Crippen molar-refractivity contribution >= 4 is 27.7 Å². The van der Waals surface area contributed by atoms with E-state index in [1.54, 1.807) is 12.1 Å². The normalized spacial score (nSPS) is 10.1. The second-order valence-corrected chi connectivity index (χ2v) is 5.15. The SMILES string of the molecule is O=C(Cn1ccccc1=O)NNC(=O)c1cc(F)ccc1Br. The second-order valence-electron chi connectivity index (χ2n) is 4.29. The fraction of sp³-hybridized carbons (Fsp3) is 0.0714. The molecule has 0 unspecified atom stereocenters. The van der Waals surface area contributed by atoms with Crippen LogP contribution in [0.25, 0.3) is 0 Å². The second kappa shape index (κ2) is 6.99. The van der Waals surface area contributed by atoms with Gasteiger partial charge in [0.25, 0.3) is 17.4 Å². The Labute approximate surface area is 133 Å². The van der Waals surface area contributed by atoms with E-state index in [2.05, 4.69) is 26.8 Å². The van der Waals surface area contributed by atoms with Crippen molar-refractivity contribution in [3.8, 4) is 0 Å². The monoisotopic (exact) mass is 367 g/mol. The van der Waals surface area contributed by atoms with Crippen LogP contribution in [0.3, 0.4) is 0 Å². The highest BCUT2D eigenvalue weighted by Crippen LogP contribution is 2.17. The number of benzene rings is 1. The van der Waals surface area contributed by atoms with Crippen LogP contribution in [0.4, 0.5) is 4.39 Å². The number of hydrogen-bond donors (Lipinski definition) is 2. The van der Waals surface area contributed by atoms with Crippen molar-refractivity contribution in [2.75, 3.05) is 0 Å². The van der Waals surface area contributed by atoms with Crippen molar-refractivity contribution in [3.05, 3.63) is 68.8 Å². The van der Waals surface area contributed by atoms with Crippen LogP contribution in [-0.2, 0) is 11.3 Å². The number of amides is 2. The molecule has 2 N–H and O–H groups in total. The zero-order valence-electron chi connectivity index (χ0n) is 11.2. The van der Waals surface area contributed by atoms with Crippen molar-refractivity contribution in [1.82, 2.24) is 15.4 Å². The Morgan fingerprint density at radius 1 is 1.18 bits per heavy atom. The lowest BCUT2D eigenvalue weighted by Gasteiger charge is -2.09. The molecule has 6 nitrogen and oxygen atoms in total. The van der Waals surface area contributed by atoms with Gasteiger partial charge < -0.3 is 4.57 Å². The molecule has 2 amide bonds. The first-order chi connectivity index (χ1) is 10.5. The molecule has 0 bridgehead atoms. The van der Waals surface area contributed by atoms with Gasteiger partial charge in [0, 0.05) is 16.7 Å². The first-order valence-electron chi connectivity index (χ1n) is 6.17. The van der Waals surface area contributed by atoms with Gasteiger partial charge in [0.1, 0.15) is 12.4 Å². The molecule has 1 heterocycles. The van der Waals surface area contributed by atoms with Gasteiger partial charge >= 0.3 is 0 Å². The van der Waals surface area contributed by atoms with Crippen molar-refractivity contribution in [3.63, 3.8) is 0 Å². The van der Waals surface area contributed by atoms with E-state index in [-0.39, 0.29) is 17.7 Å². The number of carbonyl (C=O) groups is 2. The third-order valence-corrected chi connectivity index (χ3v) is 3.39. The summed E-state index contributed by atoms with van der Waals surface area (Å²) >= 11 is 3.12. The Morgan fingerprint density at radius 3 is 2.68 bits per heavy atom. The molecule has 22 heavy (non-hydrogen) atoms. The first-order valence-corrected chi connectivity index (χ1v) is 6.96. The summed E-state index contributed by atoms with van der Waals surface area (Å²) in [5, 5.41) is 0. The van der Waals surface area contributed by atoms with Gasteiger partial charge in [-0.15, -0.1) is 0 Å². The van der Waals surface area contributed by atoms with E-state index in [1.807, 2.05) is 0 Å². The number of carbonyl (C=O) groups excluding carboxylic acids is 2. The lowest BCUT2D eigenvalue weighted by molar-refractivity contribution is -0.122. The van der Waals surface area contributed by atoms with Crippen molar-refractivity contribution in [2.24, 2.45) is 0 Å². The molecule has 0 aliphatic rings. The van der Waals surface area contributed by atoms with Gasteiger partial charge in [-0.3, -0.25) is 25.2 Å². The molecule has 114 valence electrons. The number of pyridine rings is 1. The van der Waals surface area contributed by atoms with Gasteiger partial charge in [-0.25, -0.2) is 4.39 Å². The molecule has 2 aromatic rings. The molecule has 1 aromatic carbocycles. The molecule has 0 radical (unpaired) electrons. The average molecular weight is 368 g/mol. The largest absolute Gasteiger partial charge is 0.306 e. The van der Waals surface area contributed by atoms with Crippen LogP contribution in [0.15, 0.2) is 51.9 Å². The summed E-state index contributed by atoms with van der Waals surface area (Å²) < 4.78 is 14.7. The fourth-order valence-electron chi connectivity index (χ4n) is 1.65. The molecule has 0 fully saturated rings. The highest BCUT2D eigenvalue weighted by Gasteiger charge is 2.12. The Kier molecular flexibility index (Phi) is 5.05. The van der Waals surface area contributed by atoms with Gasteiger partial charge in [-0.05, 0) is 40.2 Å². The Balaban J connectivity index is 1.96. The quantitative estimate of drug-likeness (QED) is 0.800. The molecule has 2 rings (SSSR count). The van der Waals surface area contributed by atoms with E-state index in [0.29, 0.717) is 4.47 Å². The number of aromatic nitrogens is 1. The molecule has 1 aromatic heterocycles. The molecule has 0 saturated carbocycles. The van der Waals surface area contributed by atoms with Gasteiger partial charge in [0.15, 0.2) is 0 Å². The molecule has 0 aliphatic heterocycles. The topological polar surface area (TPSA) is 80.2 Å². The molecular formula is C14H11BrFN3O3. The Hall–Kier alpha value is -2.48. The van der Waals surface area contributed by atoms with Crippen molar-refractivity contribution in [2.45, 2.75) is 6.54 Å². The zero-order chi connectivity index (χ0) is 16.1. The van der Waals surface area contributed by atoms with E-state index in [9.17, 15) is 18.8 Å². The highest BCUT2D eigenvalue weighted by atomic mass is 79.9. The molecule has 0 saturated heterocycles. The van der Waals surface area contributed by atoms with Gasteiger partial charge in [-0.1, -0.05) is 6.07 Å². The molecular weight excluding hydrogens is 357 g/mol. The third kappa shape index (κ3) is 4.01. The van der Waals surface area contributed by atoms with Crippen LogP contribution >= 0.6 is 15.9 Å². The summed E-state index contributed by atoms with van der Waals surface area (Å²) in [6, 6.07) is 8.09. The fourth-order valence-corrected chi connectivity index (χ4v) is 2.08. The summed E-state index contributed by atoms with van der Waals surface area (Å²) in [4.78, 5) is 35.0. The van der Waals surface area contributed by atoms with Crippen LogP contribution in [0.5, 0.6) is 0 Å². The van der Waals surface area contributed by atoms with E-state index in [4.69, 9.17) is 0 Å². The molecule has 8 heteroatoms. The first kappa shape index (κ1) is 15.9. The van der Waals surface area contributed by atoms with E-state index in [1.165, 1.54) is 29.0 Å². The summed E-state index contributed by atoms with van der Waals surface area (Å²) in [6.07, 6.45) is 1.45. The summed E-state index contributed by atoms with van der Waals surface area (Å²) in [5.74, 6) is -1.84.